The molecular formula is C12H18N2O2. The number of amides is 1. The maximum Gasteiger partial charge on any atom is 0.254 e. The third kappa shape index (κ3) is 2.44. The molecule has 0 spiro atoms. The van der Waals surface area contributed by atoms with E-state index in [4.69, 9.17) is 10.2 Å². The van der Waals surface area contributed by atoms with Crippen LogP contribution in [0.15, 0.2) is 16.7 Å². The maximum atomic E-state index is 11.8. The van der Waals surface area contributed by atoms with Crippen molar-refractivity contribution in [1.29, 1.82) is 0 Å². The lowest BCUT2D eigenvalue weighted by Crippen LogP contribution is -2.49. The molecule has 1 aromatic rings. The van der Waals surface area contributed by atoms with Gasteiger partial charge in [0.15, 0.2) is 0 Å². The fourth-order valence-corrected chi connectivity index (χ4v) is 2.15. The molecule has 1 amide bonds. The number of hydrogen-bond acceptors (Lipinski definition) is 3. The topological polar surface area (TPSA) is 68.3 Å². The van der Waals surface area contributed by atoms with Crippen molar-refractivity contribution < 1.29 is 9.21 Å². The van der Waals surface area contributed by atoms with Crippen LogP contribution in [0.5, 0.6) is 0 Å². The molecule has 4 nitrogen and oxygen atoms in total. The Bertz CT molecular complexity index is 373. The van der Waals surface area contributed by atoms with Gasteiger partial charge >= 0.3 is 0 Å². The molecule has 1 fully saturated rings. The van der Waals surface area contributed by atoms with E-state index in [-0.39, 0.29) is 18.0 Å². The summed E-state index contributed by atoms with van der Waals surface area (Å²) in [5.74, 6) is 0.664. The van der Waals surface area contributed by atoms with E-state index in [9.17, 15) is 4.79 Å². The Morgan fingerprint density at radius 1 is 1.50 bits per heavy atom. The number of aryl methyl sites for hydroxylation is 1. The molecule has 1 saturated carbocycles. The van der Waals surface area contributed by atoms with Gasteiger partial charge in [-0.05, 0) is 25.8 Å². The summed E-state index contributed by atoms with van der Waals surface area (Å²) in [6.07, 6.45) is 5.76. The molecule has 0 radical (unpaired) electrons. The van der Waals surface area contributed by atoms with Gasteiger partial charge in [0.05, 0.1) is 5.56 Å². The fraction of sp³-hybridized carbons (Fsp3) is 0.583. The van der Waals surface area contributed by atoms with Gasteiger partial charge in [-0.1, -0.05) is 12.8 Å². The minimum absolute atomic E-state index is 0.0841. The summed E-state index contributed by atoms with van der Waals surface area (Å²) >= 11 is 0. The van der Waals surface area contributed by atoms with Gasteiger partial charge in [0.2, 0.25) is 0 Å². The van der Waals surface area contributed by atoms with Gasteiger partial charge < -0.3 is 15.5 Å². The molecule has 0 bridgehead atoms. The fourth-order valence-electron chi connectivity index (χ4n) is 2.15. The van der Waals surface area contributed by atoms with Crippen LogP contribution in [0.4, 0.5) is 0 Å². The number of carbonyl (C=O) groups is 1. The summed E-state index contributed by atoms with van der Waals surface area (Å²) in [7, 11) is 0. The van der Waals surface area contributed by atoms with E-state index >= 15 is 0 Å². The monoisotopic (exact) mass is 222 g/mol. The molecule has 0 unspecified atom stereocenters. The number of furan rings is 1. The van der Waals surface area contributed by atoms with Gasteiger partial charge in [0.25, 0.3) is 5.91 Å². The molecule has 16 heavy (non-hydrogen) atoms. The van der Waals surface area contributed by atoms with Crippen molar-refractivity contribution in [2.75, 3.05) is 0 Å². The van der Waals surface area contributed by atoms with Gasteiger partial charge in [0, 0.05) is 12.1 Å². The van der Waals surface area contributed by atoms with Crippen LogP contribution in [-0.2, 0) is 0 Å². The summed E-state index contributed by atoms with van der Waals surface area (Å²) in [4.78, 5) is 11.8. The van der Waals surface area contributed by atoms with Crippen molar-refractivity contribution in [3.05, 3.63) is 23.7 Å². The predicted octanol–water partition coefficient (Wildman–Crippen LogP) is 1.59. The summed E-state index contributed by atoms with van der Waals surface area (Å²) in [5.41, 5.74) is 6.55. The number of rotatable bonds is 2. The second-order valence-electron chi connectivity index (χ2n) is 4.47. The Balaban J connectivity index is 1.96. The van der Waals surface area contributed by atoms with Crippen LogP contribution in [0.1, 0.15) is 41.8 Å². The standard InChI is InChI=1S/C12H18N2O2/c1-8-6-9(7-16-8)12(15)14-11-5-3-2-4-10(11)13/h6-7,10-11H,2-5,13H2,1H3,(H,14,15)/t10-,11-/m1/s1. The van der Waals surface area contributed by atoms with Crippen molar-refractivity contribution in [3.63, 3.8) is 0 Å². The molecule has 1 aliphatic carbocycles. The number of nitrogens with two attached hydrogens (primary N) is 1. The summed E-state index contributed by atoms with van der Waals surface area (Å²) in [5, 5.41) is 2.97. The highest BCUT2D eigenvalue weighted by molar-refractivity contribution is 5.94. The smallest absolute Gasteiger partial charge is 0.254 e. The molecule has 4 heteroatoms. The Morgan fingerprint density at radius 2 is 2.25 bits per heavy atom. The van der Waals surface area contributed by atoms with Crippen LogP contribution in [0, 0.1) is 6.92 Å². The predicted molar refractivity (Wildman–Crippen MR) is 61.1 cm³/mol. The molecule has 1 aromatic heterocycles. The van der Waals surface area contributed by atoms with E-state index in [0.717, 1.165) is 25.0 Å². The van der Waals surface area contributed by atoms with Gasteiger partial charge in [-0.15, -0.1) is 0 Å². The van der Waals surface area contributed by atoms with Crippen molar-refractivity contribution in [2.45, 2.75) is 44.7 Å². The van der Waals surface area contributed by atoms with Crippen LogP contribution in [-0.4, -0.2) is 18.0 Å². The Morgan fingerprint density at radius 3 is 2.88 bits per heavy atom. The third-order valence-corrected chi connectivity index (χ3v) is 3.13. The molecule has 3 N–H and O–H groups in total. The largest absolute Gasteiger partial charge is 0.469 e. The average molecular weight is 222 g/mol. The first-order valence-electron chi connectivity index (χ1n) is 5.78. The zero-order valence-corrected chi connectivity index (χ0v) is 9.53. The van der Waals surface area contributed by atoms with Gasteiger partial charge in [-0.2, -0.15) is 0 Å². The quantitative estimate of drug-likeness (QED) is 0.798. The molecule has 1 aliphatic rings. The summed E-state index contributed by atoms with van der Waals surface area (Å²) in [6, 6.07) is 1.94. The minimum atomic E-state index is -0.0841. The SMILES string of the molecule is Cc1cc(C(=O)N[C@@H]2CCCC[C@H]2N)co1. The zero-order valence-electron chi connectivity index (χ0n) is 9.53. The van der Waals surface area contributed by atoms with Crippen molar-refractivity contribution in [2.24, 2.45) is 5.73 Å². The highest BCUT2D eigenvalue weighted by Gasteiger charge is 2.24. The third-order valence-electron chi connectivity index (χ3n) is 3.13. The first-order valence-corrected chi connectivity index (χ1v) is 5.78. The Kier molecular flexibility index (Phi) is 3.29. The van der Waals surface area contributed by atoms with E-state index in [2.05, 4.69) is 5.32 Å². The van der Waals surface area contributed by atoms with Crippen molar-refractivity contribution >= 4 is 5.91 Å². The Labute approximate surface area is 95.2 Å². The molecule has 0 aromatic carbocycles. The lowest BCUT2D eigenvalue weighted by molar-refractivity contribution is 0.0920. The molecule has 88 valence electrons. The van der Waals surface area contributed by atoms with Crippen molar-refractivity contribution in [1.82, 2.24) is 5.32 Å². The van der Waals surface area contributed by atoms with Gasteiger partial charge in [-0.3, -0.25) is 4.79 Å². The van der Waals surface area contributed by atoms with Crippen LogP contribution < -0.4 is 11.1 Å². The minimum Gasteiger partial charge on any atom is -0.469 e. The average Bonchev–Trinajstić information content (AvgIpc) is 2.68. The van der Waals surface area contributed by atoms with E-state index in [0.29, 0.717) is 5.56 Å². The second kappa shape index (κ2) is 4.70. The first-order chi connectivity index (χ1) is 7.66. The lowest BCUT2D eigenvalue weighted by atomic mass is 9.91. The lowest BCUT2D eigenvalue weighted by Gasteiger charge is -2.29. The number of carbonyl (C=O) groups excluding carboxylic acids is 1. The van der Waals surface area contributed by atoms with E-state index in [1.54, 1.807) is 6.07 Å². The van der Waals surface area contributed by atoms with Crippen LogP contribution in [0.3, 0.4) is 0 Å². The first kappa shape index (κ1) is 11.2. The zero-order chi connectivity index (χ0) is 11.5. The molecule has 2 rings (SSSR count). The van der Waals surface area contributed by atoms with Crippen LogP contribution in [0.25, 0.3) is 0 Å². The molecule has 1 heterocycles. The highest BCUT2D eigenvalue weighted by Crippen LogP contribution is 2.17. The summed E-state index contributed by atoms with van der Waals surface area (Å²) < 4.78 is 5.11. The van der Waals surface area contributed by atoms with E-state index < -0.39 is 0 Å². The molecular weight excluding hydrogens is 204 g/mol. The normalized spacial score (nSPS) is 25.4. The Hall–Kier alpha value is -1.29. The highest BCUT2D eigenvalue weighted by atomic mass is 16.3. The van der Waals surface area contributed by atoms with Crippen molar-refractivity contribution in [3.8, 4) is 0 Å². The van der Waals surface area contributed by atoms with Gasteiger partial charge in [-0.25, -0.2) is 0 Å². The number of hydrogen-bond donors (Lipinski definition) is 2. The summed E-state index contributed by atoms with van der Waals surface area (Å²) in [6.45, 7) is 1.82. The number of nitrogens with one attached hydrogen (secondary N) is 1. The molecule has 0 saturated heterocycles. The molecule has 0 aliphatic heterocycles. The molecule has 2 atom stereocenters. The van der Waals surface area contributed by atoms with Gasteiger partial charge in [0.1, 0.15) is 12.0 Å². The van der Waals surface area contributed by atoms with E-state index in [1.165, 1.54) is 12.7 Å². The second-order valence-corrected chi connectivity index (χ2v) is 4.47. The van der Waals surface area contributed by atoms with E-state index in [1.807, 2.05) is 6.92 Å². The van der Waals surface area contributed by atoms with Crippen LogP contribution in [0.2, 0.25) is 0 Å². The van der Waals surface area contributed by atoms with Crippen LogP contribution >= 0.6 is 0 Å². The maximum absolute atomic E-state index is 11.8.